The molecular weight excluding hydrogens is 136 g/mol. The molecule has 0 saturated heterocycles. The maximum Gasteiger partial charge on any atom is 0.0774 e. The highest BCUT2D eigenvalue weighted by atomic mass is 16.3. The average molecular weight is 154 g/mol. The van der Waals surface area contributed by atoms with Crippen molar-refractivity contribution in [3.8, 4) is 0 Å². The van der Waals surface area contributed by atoms with Crippen LogP contribution in [0, 0.1) is 5.92 Å². The molecule has 0 spiro atoms. The van der Waals surface area contributed by atoms with E-state index < -0.39 is 5.60 Å². The van der Waals surface area contributed by atoms with E-state index in [0.29, 0.717) is 5.92 Å². The first-order valence-corrected chi connectivity index (χ1v) is 4.00. The highest BCUT2D eigenvalue weighted by molar-refractivity contribution is 5.08. The molecule has 0 saturated carbocycles. The van der Waals surface area contributed by atoms with Gasteiger partial charge >= 0.3 is 0 Å². The molecule has 11 heavy (non-hydrogen) atoms. The summed E-state index contributed by atoms with van der Waals surface area (Å²) in [6.07, 6.45) is 7.69. The Labute approximate surface area is 69.4 Å². The molecule has 0 unspecified atom stereocenters. The standard InChI is InChI=1S/C10H18O/c1-9(2)7-5-6-8-10(3,4)11/h5-9,11H,1-4H3. The zero-order valence-corrected chi connectivity index (χ0v) is 7.83. The topological polar surface area (TPSA) is 20.2 Å². The number of rotatable bonds is 3. The second-order valence-electron chi connectivity index (χ2n) is 3.64. The summed E-state index contributed by atoms with van der Waals surface area (Å²) in [7, 11) is 0. The van der Waals surface area contributed by atoms with Crippen LogP contribution in [0.15, 0.2) is 24.3 Å². The van der Waals surface area contributed by atoms with Crippen LogP contribution in [0.1, 0.15) is 27.7 Å². The molecule has 0 aromatic rings. The molecule has 0 aromatic heterocycles. The summed E-state index contributed by atoms with van der Waals surface area (Å²) in [4.78, 5) is 0. The summed E-state index contributed by atoms with van der Waals surface area (Å²) >= 11 is 0. The van der Waals surface area contributed by atoms with Crippen molar-refractivity contribution in [3.63, 3.8) is 0 Å². The Morgan fingerprint density at radius 3 is 2.09 bits per heavy atom. The van der Waals surface area contributed by atoms with Crippen LogP contribution < -0.4 is 0 Å². The molecule has 0 bridgehead atoms. The summed E-state index contributed by atoms with van der Waals surface area (Å²) < 4.78 is 0. The Bertz CT molecular complexity index is 147. The number of hydrogen-bond donors (Lipinski definition) is 1. The van der Waals surface area contributed by atoms with Crippen LogP contribution in [0.3, 0.4) is 0 Å². The normalized spacial score (nSPS) is 14.0. The second-order valence-corrected chi connectivity index (χ2v) is 3.64. The van der Waals surface area contributed by atoms with E-state index in [0.717, 1.165) is 0 Å². The van der Waals surface area contributed by atoms with Crippen LogP contribution >= 0.6 is 0 Å². The van der Waals surface area contributed by atoms with Gasteiger partial charge in [-0.15, -0.1) is 0 Å². The fourth-order valence-electron chi connectivity index (χ4n) is 0.577. The van der Waals surface area contributed by atoms with Crippen molar-refractivity contribution in [3.05, 3.63) is 24.3 Å². The number of hydrogen-bond acceptors (Lipinski definition) is 1. The van der Waals surface area contributed by atoms with Crippen molar-refractivity contribution >= 4 is 0 Å². The Morgan fingerprint density at radius 1 is 1.18 bits per heavy atom. The molecule has 0 aliphatic carbocycles. The molecule has 64 valence electrons. The number of aliphatic hydroxyl groups is 1. The Kier molecular flexibility index (Phi) is 4.12. The van der Waals surface area contributed by atoms with Crippen LogP contribution in [0.4, 0.5) is 0 Å². The van der Waals surface area contributed by atoms with E-state index in [-0.39, 0.29) is 0 Å². The molecule has 0 aliphatic rings. The van der Waals surface area contributed by atoms with Gasteiger partial charge in [-0.2, -0.15) is 0 Å². The Hall–Kier alpha value is -0.560. The van der Waals surface area contributed by atoms with Gasteiger partial charge in [0.1, 0.15) is 0 Å². The maximum absolute atomic E-state index is 9.26. The first kappa shape index (κ1) is 10.4. The molecule has 1 nitrogen and oxygen atoms in total. The molecule has 1 N–H and O–H groups in total. The minimum Gasteiger partial charge on any atom is -0.386 e. The molecule has 0 fully saturated rings. The van der Waals surface area contributed by atoms with E-state index in [1.165, 1.54) is 0 Å². The minimum atomic E-state index is -0.693. The fraction of sp³-hybridized carbons (Fsp3) is 0.600. The van der Waals surface area contributed by atoms with Gasteiger partial charge in [-0.05, 0) is 19.8 Å². The zero-order chi connectivity index (χ0) is 8.91. The predicted molar refractivity (Wildman–Crippen MR) is 49.4 cm³/mol. The lowest BCUT2D eigenvalue weighted by Crippen LogP contribution is -2.13. The monoisotopic (exact) mass is 154 g/mol. The summed E-state index contributed by atoms with van der Waals surface area (Å²) in [6, 6.07) is 0. The van der Waals surface area contributed by atoms with E-state index >= 15 is 0 Å². The SMILES string of the molecule is CC(C)C=CC=CC(C)(C)O. The van der Waals surface area contributed by atoms with Crippen molar-refractivity contribution in [2.45, 2.75) is 33.3 Å². The van der Waals surface area contributed by atoms with Gasteiger partial charge in [-0.1, -0.05) is 38.2 Å². The molecule has 0 amide bonds. The quantitative estimate of drug-likeness (QED) is 0.619. The van der Waals surface area contributed by atoms with E-state index in [1.807, 2.05) is 12.2 Å². The zero-order valence-electron chi connectivity index (χ0n) is 7.83. The lowest BCUT2D eigenvalue weighted by atomic mass is 10.1. The summed E-state index contributed by atoms with van der Waals surface area (Å²) in [5.41, 5.74) is -0.693. The van der Waals surface area contributed by atoms with Gasteiger partial charge in [-0.3, -0.25) is 0 Å². The first-order chi connectivity index (χ1) is 4.92. The van der Waals surface area contributed by atoms with Crippen LogP contribution in [-0.2, 0) is 0 Å². The van der Waals surface area contributed by atoms with E-state index in [2.05, 4.69) is 19.9 Å². The summed E-state index contributed by atoms with van der Waals surface area (Å²) in [6.45, 7) is 7.75. The van der Waals surface area contributed by atoms with Crippen molar-refractivity contribution in [1.82, 2.24) is 0 Å². The van der Waals surface area contributed by atoms with Gasteiger partial charge in [0.2, 0.25) is 0 Å². The minimum absolute atomic E-state index is 0.571. The molecule has 0 heterocycles. The van der Waals surface area contributed by atoms with Crippen LogP contribution in [-0.4, -0.2) is 10.7 Å². The lowest BCUT2D eigenvalue weighted by Gasteiger charge is -2.08. The molecule has 0 radical (unpaired) electrons. The Morgan fingerprint density at radius 2 is 1.73 bits per heavy atom. The van der Waals surface area contributed by atoms with Gasteiger partial charge in [-0.25, -0.2) is 0 Å². The van der Waals surface area contributed by atoms with Crippen molar-refractivity contribution in [1.29, 1.82) is 0 Å². The fourth-order valence-corrected chi connectivity index (χ4v) is 0.577. The average Bonchev–Trinajstić information content (AvgIpc) is 1.78. The highest BCUT2D eigenvalue weighted by Crippen LogP contribution is 2.02. The predicted octanol–water partition coefficient (Wildman–Crippen LogP) is 2.53. The van der Waals surface area contributed by atoms with Crippen LogP contribution in [0.2, 0.25) is 0 Å². The molecule has 1 heteroatoms. The van der Waals surface area contributed by atoms with Crippen LogP contribution in [0.25, 0.3) is 0 Å². The molecule has 0 atom stereocenters. The largest absolute Gasteiger partial charge is 0.386 e. The third kappa shape index (κ3) is 9.44. The maximum atomic E-state index is 9.26. The molecular formula is C10H18O. The van der Waals surface area contributed by atoms with E-state index in [9.17, 15) is 5.11 Å². The highest BCUT2D eigenvalue weighted by Gasteiger charge is 2.03. The van der Waals surface area contributed by atoms with E-state index in [4.69, 9.17) is 0 Å². The van der Waals surface area contributed by atoms with Gasteiger partial charge in [0.25, 0.3) is 0 Å². The Balaban J connectivity index is 3.78. The van der Waals surface area contributed by atoms with E-state index in [1.54, 1.807) is 19.9 Å². The van der Waals surface area contributed by atoms with Gasteiger partial charge in [0.15, 0.2) is 0 Å². The third-order valence-corrected chi connectivity index (χ3v) is 1.11. The first-order valence-electron chi connectivity index (χ1n) is 4.00. The number of allylic oxidation sites excluding steroid dienone is 3. The van der Waals surface area contributed by atoms with Gasteiger partial charge in [0, 0.05) is 0 Å². The molecule has 0 aliphatic heterocycles. The van der Waals surface area contributed by atoms with Crippen molar-refractivity contribution < 1.29 is 5.11 Å². The second kappa shape index (κ2) is 4.35. The summed E-state index contributed by atoms with van der Waals surface area (Å²) in [5.74, 6) is 0.571. The summed E-state index contributed by atoms with van der Waals surface area (Å²) in [5, 5.41) is 9.26. The molecule has 0 rings (SSSR count). The van der Waals surface area contributed by atoms with Crippen molar-refractivity contribution in [2.75, 3.05) is 0 Å². The molecule has 0 aromatic carbocycles. The van der Waals surface area contributed by atoms with Crippen molar-refractivity contribution in [2.24, 2.45) is 5.92 Å². The smallest absolute Gasteiger partial charge is 0.0774 e. The van der Waals surface area contributed by atoms with Gasteiger partial charge in [0.05, 0.1) is 5.60 Å². The third-order valence-electron chi connectivity index (χ3n) is 1.11. The van der Waals surface area contributed by atoms with Crippen LogP contribution in [0.5, 0.6) is 0 Å². The van der Waals surface area contributed by atoms with Gasteiger partial charge < -0.3 is 5.11 Å². The lowest BCUT2D eigenvalue weighted by molar-refractivity contribution is 0.133.